The predicted molar refractivity (Wildman–Crippen MR) is 77.9 cm³/mol. The largest absolute Gasteiger partial charge is 0.355 e. The average molecular weight is 292 g/mol. The molecule has 114 valence electrons. The van der Waals surface area contributed by atoms with Crippen molar-refractivity contribution < 1.29 is 14.0 Å². The van der Waals surface area contributed by atoms with Gasteiger partial charge in [-0.15, -0.1) is 0 Å². The first-order valence-electron chi connectivity index (χ1n) is 7.30. The number of amides is 2. The number of rotatable bonds is 6. The lowest BCUT2D eigenvalue weighted by atomic mass is 10.1. The Morgan fingerprint density at radius 1 is 1.33 bits per heavy atom. The third kappa shape index (κ3) is 4.55. The van der Waals surface area contributed by atoms with Crippen LogP contribution < -0.4 is 10.6 Å². The molecule has 3 atom stereocenters. The Kier molecular flexibility index (Phi) is 4.94. The van der Waals surface area contributed by atoms with Crippen molar-refractivity contribution in [2.75, 3.05) is 6.54 Å². The summed E-state index contributed by atoms with van der Waals surface area (Å²) in [5.74, 6) is 0.218. The lowest BCUT2D eigenvalue weighted by Crippen LogP contribution is -2.32. The molecule has 5 heteroatoms. The van der Waals surface area contributed by atoms with Gasteiger partial charge in [0.1, 0.15) is 5.82 Å². The van der Waals surface area contributed by atoms with E-state index in [9.17, 15) is 14.0 Å². The molecule has 1 fully saturated rings. The fourth-order valence-corrected chi connectivity index (χ4v) is 2.27. The Morgan fingerprint density at radius 2 is 1.95 bits per heavy atom. The molecule has 2 amide bonds. The summed E-state index contributed by atoms with van der Waals surface area (Å²) >= 11 is 0. The molecule has 1 aromatic rings. The maximum absolute atomic E-state index is 12.8. The molecule has 1 aliphatic carbocycles. The van der Waals surface area contributed by atoms with Gasteiger partial charge in [-0.2, -0.15) is 0 Å². The van der Waals surface area contributed by atoms with E-state index in [1.165, 1.54) is 12.1 Å². The molecule has 2 rings (SSSR count). The number of nitrogens with one attached hydrogen (secondary N) is 2. The highest BCUT2D eigenvalue weighted by atomic mass is 19.1. The van der Waals surface area contributed by atoms with Crippen molar-refractivity contribution in [3.8, 4) is 0 Å². The van der Waals surface area contributed by atoms with E-state index in [0.29, 0.717) is 12.5 Å². The average Bonchev–Trinajstić information content (AvgIpc) is 3.16. The number of carbonyl (C=O) groups is 2. The number of hydrogen-bond donors (Lipinski definition) is 2. The third-order valence-corrected chi connectivity index (χ3v) is 3.85. The minimum absolute atomic E-state index is 0.0434. The summed E-state index contributed by atoms with van der Waals surface area (Å²) in [6, 6.07) is 5.86. The van der Waals surface area contributed by atoms with Gasteiger partial charge in [-0.25, -0.2) is 4.39 Å². The van der Waals surface area contributed by atoms with E-state index in [-0.39, 0.29) is 36.0 Å². The van der Waals surface area contributed by atoms with Gasteiger partial charge >= 0.3 is 0 Å². The van der Waals surface area contributed by atoms with Crippen LogP contribution in [0.1, 0.15) is 38.3 Å². The smallest absolute Gasteiger partial charge is 0.223 e. The van der Waals surface area contributed by atoms with E-state index >= 15 is 0 Å². The Morgan fingerprint density at radius 3 is 2.52 bits per heavy atom. The SMILES string of the molecule is CC(NC(=O)CCNC(=O)C1CC1C)c1ccc(F)cc1. The third-order valence-electron chi connectivity index (χ3n) is 3.85. The summed E-state index contributed by atoms with van der Waals surface area (Å²) in [5.41, 5.74) is 0.848. The lowest BCUT2D eigenvalue weighted by molar-refractivity contribution is -0.123. The highest BCUT2D eigenvalue weighted by molar-refractivity contribution is 5.82. The molecule has 2 N–H and O–H groups in total. The predicted octanol–water partition coefficient (Wildman–Crippen LogP) is 2.17. The molecule has 1 aromatic carbocycles. The number of benzene rings is 1. The molecule has 4 nitrogen and oxygen atoms in total. The summed E-state index contributed by atoms with van der Waals surface area (Å²) in [4.78, 5) is 23.4. The monoisotopic (exact) mass is 292 g/mol. The van der Waals surface area contributed by atoms with E-state index < -0.39 is 0 Å². The first-order chi connectivity index (χ1) is 9.97. The second-order valence-corrected chi connectivity index (χ2v) is 5.70. The molecule has 0 aliphatic heterocycles. The van der Waals surface area contributed by atoms with Crippen molar-refractivity contribution in [3.05, 3.63) is 35.6 Å². The van der Waals surface area contributed by atoms with Crippen molar-refractivity contribution in [2.45, 2.75) is 32.7 Å². The second-order valence-electron chi connectivity index (χ2n) is 5.70. The second kappa shape index (κ2) is 6.70. The first-order valence-corrected chi connectivity index (χ1v) is 7.30. The maximum atomic E-state index is 12.8. The van der Waals surface area contributed by atoms with Crippen LogP contribution in [0.4, 0.5) is 4.39 Å². The molecular formula is C16H21FN2O2. The van der Waals surface area contributed by atoms with Crippen LogP contribution in [-0.2, 0) is 9.59 Å². The molecular weight excluding hydrogens is 271 g/mol. The van der Waals surface area contributed by atoms with Crippen molar-refractivity contribution >= 4 is 11.8 Å². The summed E-state index contributed by atoms with van der Waals surface area (Å²) in [7, 11) is 0. The van der Waals surface area contributed by atoms with E-state index in [1.807, 2.05) is 13.8 Å². The molecule has 1 aliphatic rings. The van der Waals surface area contributed by atoms with Crippen LogP contribution in [0.3, 0.4) is 0 Å². The van der Waals surface area contributed by atoms with Crippen LogP contribution in [0.2, 0.25) is 0 Å². The highest BCUT2D eigenvalue weighted by Gasteiger charge is 2.38. The zero-order valence-electron chi connectivity index (χ0n) is 12.4. The van der Waals surface area contributed by atoms with Gasteiger partial charge in [0.15, 0.2) is 0 Å². The number of hydrogen-bond acceptors (Lipinski definition) is 2. The Balaban J connectivity index is 1.69. The minimum atomic E-state index is -0.297. The summed E-state index contributed by atoms with van der Waals surface area (Å²) < 4.78 is 12.8. The van der Waals surface area contributed by atoms with Gasteiger partial charge in [0.05, 0.1) is 6.04 Å². The highest BCUT2D eigenvalue weighted by Crippen LogP contribution is 2.37. The van der Waals surface area contributed by atoms with Gasteiger partial charge in [-0.05, 0) is 37.0 Å². The van der Waals surface area contributed by atoms with E-state index in [4.69, 9.17) is 0 Å². The van der Waals surface area contributed by atoms with Gasteiger partial charge in [-0.3, -0.25) is 9.59 Å². The van der Waals surface area contributed by atoms with Gasteiger partial charge < -0.3 is 10.6 Å². The zero-order valence-corrected chi connectivity index (χ0v) is 12.4. The lowest BCUT2D eigenvalue weighted by Gasteiger charge is -2.14. The molecule has 21 heavy (non-hydrogen) atoms. The van der Waals surface area contributed by atoms with Crippen molar-refractivity contribution in [3.63, 3.8) is 0 Å². The molecule has 1 saturated carbocycles. The standard InChI is InChI=1S/C16H21FN2O2/c1-10-9-14(10)16(21)18-8-7-15(20)19-11(2)12-3-5-13(17)6-4-12/h3-6,10-11,14H,7-9H2,1-2H3,(H,18,21)(H,19,20). The Bertz CT molecular complexity index is 516. The molecule has 0 bridgehead atoms. The molecule has 0 aromatic heterocycles. The summed E-state index contributed by atoms with van der Waals surface area (Å²) in [6.45, 7) is 4.24. The Hall–Kier alpha value is -1.91. The molecule has 0 spiro atoms. The van der Waals surface area contributed by atoms with E-state index in [1.54, 1.807) is 12.1 Å². The van der Waals surface area contributed by atoms with Crippen LogP contribution in [0.25, 0.3) is 0 Å². The van der Waals surface area contributed by atoms with Crippen LogP contribution in [0, 0.1) is 17.7 Å². The van der Waals surface area contributed by atoms with Crippen molar-refractivity contribution in [2.24, 2.45) is 11.8 Å². The van der Waals surface area contributed by atoms with Crippen molar-refractivity contribution in [1.82, 2.24) is 10.6 Å². The van der Waals surface area contributed by atoms with E-state index in [0.717, 1.165) is 12.0 Å². The fraction of sp³-hybridized carbons (Fsp3) is 0.500. The molecule has 0 saturated heterocycles. The molecule has 0 radical (unpaired) electrons. The topological polar surface area (TPSA) is 58.2 Å². The van der Waals surface area contributed by atoms with Crippen LogP contribution in [0.5, 0.6) is 0 Å². The van der Waals surface area contributed by atoms with Crippen LogP contribution in [-0.4, -0.2) is 18.4 Å². The summed E-state index contributed by atoms with van der Waals surface area (Å²) in [5, 5.41) is 5.61. The maximum Gasteiger partial charge on any atom is 0.223 e. The normalized spacial score (nSPS) is 21.5. The van der Waals surface area contributed by atoms with Gasteiger partial charge in [0, 0.05) is 18.9 Å². The van der Waals surface area contributed by atoms with E-state index in [2.05, 4.69) is 10.6 Å². The van der Waals surface area contributed by atoms with Crippen LogP contribution >= 0.6 is 0 Å². The van der Waals surface area contributed by atoms with Crippen LogP contribution in [0.15, 0.2) is 24.3 Å². The molecule has 0 heterocycles. The van der Waals surface area contributed by atoms with Gasteiger partial charge in [0.25, 0.3) is 0 Å². The fourth-order valence-electron chi connectivity index (χ4n) is 2.27. The Labute approximate surface area is 124 Å². The molecule has 3 unspecified atom stereocenters. The summed E-state index contributed by atoms with van der Waals surface area (Å²) in [6.07, 6.45) is 1.19. The number of carbonyl (C=O) groups excluding carboxylic acids is 2. The number of halogens is 1. The van der Waals surface area contributed by atoms with Gasteiger partial charge in [0.2, 0.25) is 11.8 Å². The van der Waals surface area contributed by atoms with Crippen molar-refractivity contribution in [1.29, 1.82) is 0 Å². The first kappa shape index (κ1) is 15.5. The zero-order chi connectivity index (χ0) is 15.4. The van der Waals surface area contributed by atoms with Gasteiger partial charge in [-0.1, -0.05) is 19.1 Å². The quantitative estimate of drug-likeness (QED) is 0.844. The minimum Gasteiger partial charge on any atom is -0.355 e.